The summed E-state index contributed by atoms with van der Waals surface area (Å²) >= 11 is 0. The Kier molecular flexibility index (Phi) is 43.6. The summed E-state index contributed by atoms with van der Waals surface area (Å²) in [6.45, 7) is 55.5. The zero-order chi connectivity index (χ0) is 43.9. The molecule has 0 atom stereocenters. The van der Waals surface area contributed by atoms with Gasteiger partial charge in [0.2, 0.25) is 0 Å². The maximum absolute atomic E-state index is 5.27. The second-order valence-corrected chi connectivity index (χ2v) is 22.0. The number of morpholine rings is 1. The molecule has 0 spiro atoms. The molecule has 1 radical (unpaired) electrons. The predicted molar refractivity (Wildman–Crippen MR) is 270 cm³/mol. The zero-order valence-electron chi connectivity index (χ0n) is 41.2. The molecule has 2 fully saturated rings. The average molecular weight is 1040 g/mol. The first-order valence-electron chi connectivity index (χ1n) is 21.1. The summed E-state index contributed by atoms with van der Waals surface area (Å²) in [5.74, 6) is 0. The molecule has 2 saturated heterocycles. The Hall–Kier alpha value is -1.38. The van der Waals surface area contributed by atoms with E-state index >= 15 is 0 Å². The molecule has 4 rings (SSSR count). The Morgan fingerprint density at radius 3 is 1.25 bits per heavy atom. The van der Waals surface area contributed by atoms with Crippen LogP contribution in [0.2, 0.25) is 0 Å². The fourth-order valence-electron chi connectivity index (χ4n) is 4.81. The van der Waals surface area contributed by atoms with Crippen molar-refractivity contribution in [1.82, 2.24) is 29.7 Å². The van der Waals surface area contributed by atoms with Crippen LogP contribution in [0.1, 0.15) is 185 Å². The molecule has 2 aromatic heterocycles. The molecule has 367 valence electrons. The van der Waals surface area contributed by atoms with E-state index in [9.17, 15) is 0 Å². The van der Waals surface area contributed by atoms with E-state index in [0.717, 1.165) is 76.2 Å². The van der Waals surface area contributed by atoms with Crippen LogP contribution in [0.25, 0.3) is 5.32 Å². The van der Waals surface area contributed by atoms with Crippen molar-refractivity contribution in [2.75, 3.05) is 79.3 Å². The first kappa shape index (κ1) is 74.0. The molecule has 2 aromatic rings. The van der Waals surface area contributed by atoms with E-state index in [-0.39, 0.29) is 61.0 Å². The Balaban J connectivity index is -0.000000114. The summed E-state index contributed by atoms with van der Waals surface area (Å²) in [7, 11) is 1.73. The van der Waals surface area contributed by atoms with Gasteiger partial charge in [-0.2, -0.15) is 0 Å². The molecular weight excluding hydrogens is 929 g/mol. The Morgan fingerprint density at radius 1 is 0.574 bits per heavy atom. The maximum atomic E-state index is 5.27. The van der Waals surface area contributed by atoms with Gasteiger partial charge in [-0.25, -0.2) is 0 Å². The van der Waals surface area contributed by atoms with Gasteiger partial charge in [-0.1, -0.05) is 168 Å². The van der Waals surface area contributed by atoms with E-state index in [0.29, 0.717) is 21.7 Å². The number of rotatable bonds is 3. The number of aryl methyl sites for hydroxylation is 1. The van der Waals surface area contributed by atoms with Gasteiger partial charge in [0.05, 0.1) is 36.9 Å². The van der Waals surface area contributed by atoms with Crippen LogP contribution in [-0.4, -0.2) is 109 Å². The van der Waals surface area contributed by atoms with Crippen molar-refractivity contribution >= 4 is 0 Å². The largest absolute Gasteiger partial charge is 0.660 e. The van der Waals surface area contributed by atoms with Crippen LogP contribution >= 0.6 is 0 Å². The van der Waals surface area contributed by atoms with Crippen LogP contribution in [0.15, 0.2) is 31.0 Å². The van der Waals surface area contributed by atoms with E-state index in [1.54, 1.807) is 31.9 Å². The molecule has 61 heavy (non-hydrogen) atoms. The Bertz CT molecular complexity index is 1180. The van der Waals surface area contributed by atoms with E-state index < -0.39 is 0 Å². The van der Waals surface area contributed by atoms with Crippen molar-refractivity contribution in [3.05, 3.63) is 53.4 Å². The molecule has 0 saturated carbocycles. The molecule has 0 unspecified atom stereocenters. The number of nitrogens with zero attached hydrogens (tertiary/aromatic N) is 7. The minimum Gasteiger partial charge on any atom is -0.660 e. The number of methoxy groups -OCH3 is 1. The van der Waals surface area contributed by atoms with Crippen LogP contribution in [-0.2, 0) is 40.7 Å². The van der Waals surface area contributed by atoms with Gasteiger partial charge in [-0.3, -0.25) is 24.8 Å². The average Bonchev–Trinajstić information content (AvgIpc) is 3.05. The molecule has 10 heteroatoms. The van der Waals surface area contributed by atoms with Gasteiger partial charge < -0.3 is 19.7 Å². The van der Waals surface area contributed by atoms with E-state index in [4.69, 9.17) is 9.47 Å². The fourth-order valence-corrected chi connectivity index (χ4v) is 4.81. The molecule has 2 aliphatic heterocycles. The monoisotopic (exact) mass is 1040 g/mol. The van der Waals surface area contributed by atoms with Gasteiger partial charge >= 0.3 is 0 Å². The normalized spacial score (nSPS) is 14.5. The fraction of sp³-hybridized carbons (Fsp3) is 0.843. The SMILES string of the molecule is C.C.C.C.CC(C)(C)CN1CCOCC1.CC(C)(C)CN1CC[N-]CC1.CC(C)(C)c1cnccn1.CCC(C)(C)C.COCC(C)(C)C.Cc1cnc(C(C)(C)C)cn1.[Re]. The number of hydrogen-bond acceptors (Lipinski definition) is 8. The van der Waals surface area contributed by atoms with Gasteiger partial charge in [0.1, 0.15) is 0 Å². The number of hydrogen-bond donors (Lipinski definition) is 0. The van der Waals surface area contributed by atoms with Crippen molar-refractivity contribution in [2.24, 2.45) is 21.7 Å². The number of piperazine rings is 1. The second-order valence-electron chi connectivity index (χ2n) is 22.0. The Labute approximate surface area is 397 Å². The summed E-state index contributed by atoms with van der Waals surface area (Å²) in [5, 5.41) is 4.32. The minimum atomic E-state index is 0. The molecule has 4 heterocycles. The molecule has 0 aromatic carbocycles. The second kappa shape index (κ2) is 35.9. The Morgan fingerprint density at radius 2 is 0.984 bits per heavy atom. The van der Waals surface area contributed by atoms with Gasteiger partial charge in [0, 0.05) is 95.5 Å². The third-order valence-corrected chi connectivity index (χ3v) is 8.17. The van der Waals surface area contributed by atoms with Crippen LogP contribution < -0.4 is 0 Å². The minimum absolute atomic E-state index is 0. The van der Waals surface area contributed by atoms with Gasteiger partial charge in [-0.15, -0.1) is 13.1 Å². The standard InChI is InChI=1S/C9H14N2.C9H19N2.C9H19NO.C8H12N2.C6H14O.C6H14.4CH4.Re/c1-7-5-11-8(6-10-7)9(2,3)4;1-9(2,3)8-11-6-4-10-5-7-11;1-9(2,3)8-10-4-6-11-7-5-10;1-8(2,3)7-6-9-4-5-10-7;1-6(2,3)5-7-4;1-5-6(2,3)4;;;;;/h5-6H,1-4H3;2*4-8H2,1-3H3;4-6H,1-3H3;5H2,1-4H3;5H2,1-4H3;4*1H4;/q;-1;;;;;;;;;. The van der Waals surface area contributed by atoms with Crippen molar-refractivity contribution in [3.8, 4) is 0 Å². The zero-order valence-corrected chi connectivity index (χ0v) is 43.9. The quantitative estimate of drug-likeness (QED) is 0.300. The molecule has 0 amide bonds. The summed E-state index contributed by atoms with van der Waals surface area (Å²) in [4.78, 5) is 21.6. The van der Waals surface area contributed by atoms with E-state index in [1.807, 2.05) is 13.1 Å². The molecular formula is C51H108N7O2Re-. The topological polar surface area (TPSA) is 90.6 Å². The summed E-state index contributed by atoms with van der Waals surface area (Å²) in [6, 6.07) is 0. The molecule has 0 bridgehead atoms. The van der Waals surface area contributed by atoms with Crippen LogP contribution in [0, 0.1) is 28.6 Å². The predicted octanol–water partition coefficient (Wildman–Crippen LogP) is 13.6. The van der Waals surface area contributed by atoms with Crippen molar-refractivity contribution in [3.63, 3.8) is 0 Å². The van der Waals surface area contributed by atoms with Crippen molar-refractivity contribution in [2.45, 2.75) is 185 Å². The third kappa shape index (κ3) is 49.5. The smallest absolute Gasteiger partial charge is 0.0640 e. The van der Waals surface area contributed by atoms with Crippen LogP contribution in [0.4, 0.5) is 0 Å². The molecule has 2 aliphatic rings. The van der Waals surface area contributed by atoms with E-state index in [1.165, 1.54) is 19.5 Å². The van der Waals surface area contributed by atoms with Crippen molar-refractivity contribution in [1.29, 1.82) is 0 Å². The van der Waals surface area contributed by atoms with Crippen LogP contribution in [0.5, 0.6) is 0 Å². The molecule has 0 aliphatic carbocycles. The van der Waals surface area contributed by atoms with Crippen LogP contribution in [0.3, 0.4) is 0 Å². The summed E-state index contributed by atoms with van der Waals surface area (Å²) < 4.78 is 10.2. The molecule has 9 nitrogen and oxygen atoms in total. The van der Waals surface area contributed by atoms with Gasteiger partial charge in [0.15, 0.2) is 0 Å². The van der Waals surface area contributed by atoms with Gasteiger partial charge in [0.25, 0.3) is 0 Å². The molecule has 0 N–H and O–H groups in total. The summed E-state index contributed by atoms with van der Waals surface area (Å²) in [6.07, 6.45) is 10.1. The van der Waals surface area contributed by atoms with Crippen molar-refractivity contribution < 1.29 is 29.9 Å². The number of aromatic nitrogens is 4. The maximum Gasteiger partial charge on any atom is 0.0640 e. The van der Waals surface area contributed by atoms with E-state index in [2.05, 4.69) is 167 Å². The summed E-state index contributed by atoms with van der Waals surface area (Å²) in [5.41, 5.74) is 5.02. The van der Waals surface area contributed by atoms with Gasteiger partial charge in [-0.05, 0) is 41.7 Å². The first-order valence-corrected chi connectivity index (χ1v) is 21.1. The number of ether oxygens (including phenoxy) is 2. The first-order chi connectivity index (χ1) is 25.4. The third-order valence-electron chi connectivity index (χ3n) is 8.17.